The van der Waals surface area contributed by atoms with Gasteiger partial charge in [0.25, 0.3) is 0 Å². The van der Waals surface area contributed by atoms with Crippen LogP contribution in [0.1, 0.15) is 12.0 Å². The Balaban J connectivity index is 1.61. The molecule has 20 heavy (non-hydrogen) atoms. The molecular weight excluding hydrogens is 256 g/mol. The minimum absolute atomic E-state index is 0.194. The molecule has 110 valence electrons. The van der Waals surface area contributed by atoms with Crippen LogP contribution in [0.25, 0.3) is 0 Å². The van der Waals surface area contributed by atoms with Crippen molar-refractivity contribution >= 4 is 6.09 Å². The lowest BCUT2D eigenvalue weighted by Crippen LogP contribution is -2.32. The van der Waals surface area contributed by atoms with Gasteiger partial charge in [0.05, 0.1) is 6.61 Å². The van der Waals surface area contributed by atoms with Crippen LogP contribution in [-0.4, -0.2) is 48.9 Å². The van der Waals surface area contributed by atoms with Crippen molar-refractivity contribution in [2.75, 3.05) is 32.8 Å². The average molecular weight is 278 g/mol. The molecule has 1 aromatic rings. The second-order valence-electron chi connectivity index (χ2n) is 5.12. The molecule has 5 nitrogen and oxygen atoms in total. The number of hydrogen-bond donors (Lipinski definition) is 2. The fourth-order valence-electron chi connectivity index (χ4n) is 2.43. The molecule has 0 aromatic heterocycles. The van der Waals surface area contributed by atoms with Gasteiger partial charge in [0.15, 0.2) is 0 Å². The molecule has 1 aliphatic rings. The van der Waals surface area contributed by atoms with Crippen molar-refractivity contribution in [2.45, 2.75) is 13.0 Å². The summed E-state index contributed by atoms with van der Waals surface area (Å²) in [4.78, 5) is 13.8. The quantitative estimate of drug-likeness (QED) is 0.821. The van der Waals surface area contributed by atoms with E-state index in [-0.39, 0.29) is 12.7 Å². The van der Waals surface area contributed by atoms with Gasteiger partial charge in [-0.2, -0.15) is 0 Å². The first-order valence-electron chi connectivity index (χ1n) is 7.05. The summed E-state index contributed by atoms with van der Waals surface area (Å²) in [5.41, 5.74) is 0.984. The highest BCUT2D eigenvalue weighted by atomic mass is 16.5. The number of β-amino-alcohol motifs (C(OH)–C–C–N with tert-alkyl or cyclic N) is 1. The molecule has 0 spiro atoms. The van der Waals surface area contributed by atoms with Crippen molar-refractivity contribution in [3.05, 3.63) is 35.9 Å². The number of carbonyl (C=O) groups excluding carboxylic acids is 1. The molecule has 2 rings (SSSR count). The third-order valence-corrected chi connectivity index (χ3v) is 3.53. The highest BCUT2D eigenvalue weighted by Gasteiger charge is 2.22. The summed E-state index contributed by atoms with van der Waals surface area (Å²) in [6.07, 6.45) is 0.688. The Labute approximate surface area is 119 Å². The number of aliphatic hydroxyl groups excluding tert-OH is 1. The van der Waals surface area contributed by atoms with Crippen molar-refractivity contribution < 1.29 is 14.6 Å². The molecule has 1 saturated heterocycles. The Morgan fingerprint density at radius 3 is 2.95 bits per heavy atom. The summed E-state index contributed by atoms with van der Waals surface area (Å²) in [5.74, 6) is 0.450. The Morgan fingerprint density at radius 1 is 1.40 bits per heavy atom. The van der Waals surface area contributed by atoms with Gasteiger partial charge >= 0.3 is 6.09 Å². The van der Waals surface area contributed by atoms with E-state index >= 15 is 0 Å². The molecule has 1 amide bonds. The smallest absolute Gasteiger partial charge is 0.407 e. The normalized spacial score (nSPS) is 18.9. The number of nitrogens with zero attached hydrogens (tertiary/aromatic N) is 1. The van der Waals surface area contributed by atoms with Crippen LogP contribution < -0.4 is 5.32 Å². The monoisotopic (exact) mass is 278 g/mol. The zero-order chi connectivity index (χ0) is 14.2. The van der Waals surface area contributed by atoms with Crippen LogP contribution in [0.5, 0.6) is 0 Å². The third-order valence-electron chi connectivity index (χ3n) is 3.53. The largest absolute Gasteiger partial charge is 0.445 e. The molecule has 1 aromatic carbocycles. The summed E-state index contributed by atoms with van der Waals surface area (Å²) in [7, 11) is 0. The first-order valence-corrected chi connectivity index (χ1v) is 7.05. The molecule has 0 aliphatic carbocycles. The Morgan fingerprint density at radius 2 is 2.20 bits per heavy atom. The fourth-order valence-corrected chi connectivity index (χ4v) is 2.43. The average Bonchev–Trinajstić information content (AvgIpc) is 2.92. The Bertz CT molecular complexity index is 411. The number of hydrogen-bond acceptors (Lipinski definition) is 4. The van der Waals surface area contributed by atoms with Gasteiger partial charge in [0, 0.05) is 19.6 Å². The van der Waals surface area contributed by atoms with E-state index in [0.29, 0.717) is 19.1 Å². The Hall–Kier alpha value is -1.59. The van der Waals surface area contributed by atoms with Gasteiger partial charge in [-0.1, -0.05) is 30.3 Å². The number of rotatable bonds is 6. The molecule has 2 N–H and O–H groups in total. The number of alkyl carbamates (subject to hydrolysis) is 1. The van der Waals surface area contributed by atoms with E-state index in [2.05, 4.69) is 10.2 Å². The predicted molar refractivity (Wildman–Crippen MR) is 76.3 cm³/mol. The highest BCUT2D eigenvalue weighted by molar-refractivity contribution is 5.67. The minimum atomic E-state index is -0.366. The van der Waals surface area contributed by atoms with Gasteiger partial charge in [-0.25, -0.2) is 4.79 Å². The van der Waals surface area contributed by atoms with Crippen LogP contribution in [0.15, 0.2) is 30.3 Å². The third kappa shape index (κ3) is 4.83. The van der Waals surface area contributed by atoms with Crippen LogP contribution in [0.2, 0.25) is 0 Å². The van der Waals surface area contributed by atoms with Crippen molar-refractivity contribution in [1.82, 2.24) is 10.2 Å². The summed E-state index contributed by atoms with van der Waals surface area (Å²) >= 11 is 0. The molecule has 0 radical (unpaired) electrons. The zero-order valence-electron chi connectivity index (χ0n) is 11.6. The van der Waals surface area contributed by atoms with Crippen LogP contribution in [-0.2, 0) is 11.3 Å². The highest BCUT2D eigenvalue weighted by Crippen LogP contribution is 2.14. The van der Waals surface area contributed by atoms with Gasteiger partial charge in [0.1, 0.15) is 6.61 Å². The van der Waals surface area contributed by atoms with E-state index in [9.17, 15) is 4.79 Å². The lowest BCUT2D eigenvalue weighted by molar-refractivity contribution is 0.138. The SMILES string of the molecule is O=C(NCC1CCN(CCO)C1)OCc1ccccc1. The summed E-state index contributed by atoms with van der Waals surface area (Å²) in [6.45, 7) is 3.77. The van der Waals surface area contributed by atoms with Crippen LogP contribution in [0.4, 0.5) is 4.79 Å². The molecule has 1 unspecified atom stereocenters. The Kier molecular flexibility index (Phi) is 5.83. The van der Waals surface area contributed by atoms with Gasteiger partial charge in [0.2, 0.25) is 0 Å². The van der Waals surface area contributed by atoms with Crippen molar-refractivity contribution in [3.63, 3.8) is 0 Å². The van der Waals surface area contributed by atoms with Crippen molar-refractivity contribution in [3.8, 4) is 0 Å². The topological polar surface area (TPSA) is 61.8 Å². The molecule has 0 saturated carbocycles. The van der Waals surface area contributed by atoms with E-state index < -0.39 is 0 Å². The molecule has 1 atom stereocenters. The number of aliphatic hydroxyl groups is 1. The summed E-state index contributed by atoms with van der Waals surface area (Å²) < 4.78 is 5.16. The van der Waals surface area contributed by atoms with Gasteiger partial charge < -0.3 is 20.1 Å². The number of amides is 1. The number of carbonyl (C=O) groups is 1. The molecule has 5 heteroatoms. The van der Waals surface area contributed by atoms with Crippen molar-refractivity contribution in [1.29, 1.82) is 0 Å². The second kappa shape index (κ2) is 7.87. The number of nitrogens with one attached hydrogen (secondary N) is 1. The van der Waals surface area contributed by atoms with E-state index in [4.69, 9.17) is 9.84 Å². The minimum Gasteiger partial charge on any atom is -0.445 e. The maximum atomic E-state index is 11.6. The first kappa shape index (κ1) is 14.8. The van der Waals surface area contributed by atoms with E-state index in [1.807, 2.05) is 30.3 Å². The maximum absolute atomic E-state index is 11.6. The number of ether oxygens (including phenoxy) is 1. The van der Waals surface area contributed by atoms with Crippen LogP contribution >= 0.6 is 0 Å². The summed E-state index contributed by atoms with van der Waals surface area (Å²) in [6, 6.07) is 9.63. The van der Waals surface area contributed by atoms with Gasteiger partial charge in [-0.15, -0.1) is 0 Å². The van der Waals surface area contributed by atoms with Gasteiger partial charge in [-0.05, 0) is 24.4 Å². The molecule has 1 aliphatic heterocycles. The lowest BCUT2D eigenvalue weighted by atomic mass is 10.1. The molecule has 0 bridgehead atoms. The van der Waals surface area contributed by atoms with E-state index in [0.717, 1.165) is 31.6 Å². The van der Waals surface area contributed by atoms with Crippen LogP contribution in [0.3, 0.4) is 0 Å². The lowest BCUT2D eigenvalue weighted by Gasteiger charge is -2.14. The summed E-state index contributed by atoms with van der Waals surface area (Å²) in [5, 5.41) is 11.7. The van der Waals surface area contributed by atoms with E-state index in [1.165, 1.54) is 0 Å². The molecule has 1 fully saturated rings. The van der Waals surface area contributed by atoms with Crippen LogP contribution in [0, 0.1) is 5.92 Å². The maximum Gasteiger partial charge on any atom is 0.407 e. The van der Waals surface area contributed by atoms with Crippen molar-refractivity contribution in [2.24, 2.45) is 5.92 Å². The second-order valence-corrected chi connectivity index (χ2v) is 5.12. The fraction of sp³-hybridized carbons (Fsp3) is 0.533. The van der Waals surface area contributed by atoms with E-state index in [1.54, 1.807) is 0 Å². The first-order chi connectivity index (χ1) is 9.78. The zero-order valence-corrected chi connectivity index (χ0v) is 11.6. The molecule has 1 heterocycles. The van der Waals surface area contributed by atoms with Gasteiger partial charge in [-0.3, -0.25) is 0 Å². The molecular formula is C15H22N2O3. The standard InChI is InChI=1S/C15H22N2O3/c18-9-8-17-7-6-14(11-17)10-16-15(19)20-12-13-4-2-1-3-5-13/h1-5,14,18H,6-12H2,(H,16,19). The number of benzene rings is 1. The predicted octanol–water partition coefficient (Wildman–Crippen LogP) is 1.23. The number of likely N-dealkylation sites (tertiary alicyclic amines) is 1.